The first-order valence-electron chi connectivity index (χ1n) is 9.79. The Labute approximate surface area is 192 Å². The van der Waals surface area contributed by atoms with E-state index < -0.39 is 22.7 Å². The standard InChI is InChI=1S/C23H17ClF3N3O3/c24-17-4-8-19(9-5-17)33-20-10-6-18(7-11-20)29-13-21(28-22(29)14-30(31)32)15-2-1-3-16(12-15)23(25,26)27/h1-12,14,21,28H,13H2/t21-/m1/s1. The Morgan fingerprint density at radius 3 is 2.30 bits per heavy atom. The molecule has 4 rings (SSSR count). The highest BCUT2D eigenvalue weighted by molar-refractivity contribution is 6.30. The molecule has 1 aliphatic heterocycles. The van der Waals surface area contributed by atoms with Gasteiger partial charge in [0.2, 0.25) is 0 Å². The third-order valence-electron chi connectivity index (χ3n) is 5.02. The maximum Gasteiger partial charge on any atom is 0.416 e. The molecule has 0 bridgehead atoms. The highest BCUT2D eigenvalue weighted by Crippen LogP contribution is 2.35. The lowest BCUT2D eigenvalue weighted by atomic mass is 10.0. The summed E-state index contributed by atoms with van der Waals surface area (Å²) in [5, 5.41) is 14.7. The molecule has 0 aromatic heterocycles. The molecule has 3 aromatic carbocycles. The minimum atomic E-state index is -4.48. The molecule has 0 aliphatic carbocycles. The average Bonchev–Trinajstić information content (AvgIpc) is 3.18. The van der Waals surface area contributed by atoms with Crippen LogP contribution in [0.4, 0.5) is 18.9 Å². The number of nitrogens with zero attached hydrogens (tertiary/aromatic N) is 2. The van der Waals surface area contributed by atoms with Gasteiger partial charge in [0.05, 0.1) is 16.5 Å². The first kappa shape index (κ1) is 22.5. The number of benzene rings is 3. The number of hydrogen-bond donors (Lipinski definition) is 1. The third-order valence-corrected chi connectivity index (χ3v) is 5.27. The van der Waals surface area contributed by atoms with Crippen molar-refractivity contribution in [2.75, 3.05) is 11.4 Å². The van der Waals surface area contributed by atoms with Gasteiger partial charge < -0.3 is 15.0 Å². The second-order valence-electron chi connectivity index (χ2n) is 7.28. The number of nitrogens with one attached hydrogen (secondary N) is 1. The largest absolute Gasteiger partial charge is 0.457 e. The lowest BCUT2D eigenvalue weighted by Crippen LogP contribution is -2.20. The fourth-order valence-corrected chi connectivity index (χ4v) is 3.61. The number of halogens is 4. The van der Waals surface area contributed by atoms with Crippen molar-refractivity contribution in [1.29, 1.82) is 0 Å². The van der Waals surface area contributed by atoms with Gasteiger partial charge >= 0.3 is 6.18 Å². The van der Waals surface area contributed by atoms with Crippen molar-refractivity contribution in [2.24, 2.45) is 0 Å². The highest BCUT2D eigenvalue weighted by Gasteiger charge is 2.34. The first-order chi connectivity index (χ1) is 15.7. The van der Waals surface area contributed by atoms with Crippen molar-refractivity contribution < 1.29 is 22.8 Å². The minimum absolute atomic E-state index is 0.175. The summed E-state index contributed by atoms with van der Waals surface area (Å²) in [6, 6.07) is 18.0. The van der Waals surface area contributed by atoms with Gasteiger partial charge in [-0.1, -0.05) is 23.7 Å². The molecule has 0 amide bonds. The molecular weight excluding hydrogens is 459 g/mol. The van der Waals surface area contributed by atoms with Crippen LogP contribution in [0.2, 0.25) is 5.02 Å². The average molecular weight is 476 g/mol. The Morgan fingerprint density at radius 2 is 1.70 bits per heavy atom. The van der Waals surface area contributed by atoms with E-state index in [1.165, 1.54) is 6.07 Å². The predicted molar refractivity (Wildman–Crippen MR) is 118 cm³/mol. The summed E-state index contributed by atoms with van der Waals surface area (Å²) in [5.41, 5.74) is 0.224. The van der Waals surface area contributed by atoms with Crippen molar-refractivity contribution in [1.82, 2.24) is 5.32 Å². The van der Waals surface area contributed by atoms with Gasteiger partial charge in [0.25, 0.3) is 6.20 Å². The summed E-state index contributed by atoms with van der Waals surface area (Å²) in [4.78, 5) is 12.2. The minimum Gasteiger partial charge on any atom is -0.457 e. The Balaban J connectivity index is 1.57. The Morgan fingerprint density at radius 1 is 1.06 bits per heavy atom. The third kappa shape index (κ3) is 5.38. The summed E-state index contributed by atoms with van der Waals surface area (Å²) in [5.74, 6) is 1.31. The molecule has 1 aliphatic rings. The van der Waals surface area contributed by atoms with Crippen LogP contribution in [0, 0.1) is 10.1 Å². The van der Waals surface area contributed by atoms with E-state index in [1.807, 2.05) is 0 Å². The van der Waals surface area contributed by atoms with Crippen molar-refractivity contribution in [2.45, 2.75) is 12.2 Å². The zero-order valence-electron chi connectivity index (χ0n) is 16.9. The van der Waals surface area contributed by atoms with Crippen LogP contribution in [0.1, 0.15) is 17.2 Å². The smallest absolute Gasteiger partial charge is 0.416 e. The van der Waals surface area contributed by atoms with Crippen molar-refractivity contribution in [3.63, 3.8) is 0 Å². The van der Waals surface area contributed by atoms with Gasteiger partial charge in [-0.2, -0.15) is 13.2 Å². The van der Waals surface area contributed by atoms with Crippen LogP contribution in [0.5, 0.6) is 11.5 Å². The summed E-state index contributed by atoms with van der Waals surface area (Å²) >= 11 is 5.87. The van der Waals surface area contributed by atoms with E-state index in [-0.39, 0.29) is 12.4 Å². The quantitative estimate of drug-likeness (QED) is 0.342. The monoisotopic (exact) mass is 475 g/mol. The number of hydrogen-bond acceptors (Lipinski definition) is 5. The number of alkyl halides is 3. The highest BCUT2D eigenvalue weighted by atomic mass is 35.5. The normalized spacial score (nSPS) is 17.2. The van der Waals surface area contributed by atoms with E-state index in [2.05, 4.69) is 5.32 Å². The SMILES string of the molecule is O=[N+]([O-])C=C1N[C@@H](c2cccc(C(F)(F)F)c2)CN1c1ccc(Oc2ccc(Cl)cc2)cc1. The molecule has 1 atom stereocenters. The van der Waals surface area contributed by atoms with Gasteiger partial charge in [-0.25, -0.2) is 0 Å². The molecule has 1 N–H and O–H groups in total. The summed E-state index contributed by atoms with van der Waals surface area (Å²) < 4.78 is 45.1. The number of anilines is 1. The van der Waals surface area contributed by atoms with Gasteiger partial charge in [-0.15, -0.1) is 0 Å². The maximum atomic E-state index is 13.1. The van der Waals surface area contributed by atoms with E-state index in [4.69, 9.17) is 16.3 Å². The topological polar surface area (TPSA) is 67.6 Å². The molecule has 0 unspecified atom stereocenters. The van der Waals surface area contributed by atoms with Crippen LogP contribution < -0.4 is 15.0 Å². The van der Waals surface area contributed by atoms with E-state index in [9.17, 15) is 23.3 Å². The van der Waals surface area contributed by atoms with Gasteiger partial charge in [-0.05, 0) is 66.2 Å². The predicted octanol–water partition coefficient (Wildman–Crippen LogP) is 6.38. The molecule has 1 fully saturated rings. The Bertz CT molecular complexity index is 1180. The van der Waals surface area contributed by atoms with Crippen molar-refractivity contribution in [3.05, 3.63) is 111 Å². The molecule has 10 heteroatoms. The lowest BCUT2D eigenvalue weighted by Gasteiger charge is -2.18. The van der Waals surface area contributed by atoms with Crippen LogP contribution in [0.25, 0.3) is 0 Å². The molecule has 170 valence electrons. The van der Waals surface area contributed by atoms with Crippen molar-refractivity contribution >= 4 is 17.3 Å². The lowest BCUT2D eigenvalue weighted by molar-refractivity contribution is -0.403. The van der Waals surface area contributed by atoms with Gasteiger partial charge in [0.15, 0.2) is 5.82 Å². The molecule has 6 nitrogen and oxygen atoms in total. The molecule has 1 saturated heterocycles. The van der Waals surface area contributed by atoms with Gasteiger partial charge in [-0.3, -0.25) is 10.1 Å². The molecule has 1 heterocycles. The Hall–Kier alpha value is -3.72. The van der Waals surface area contributed by atoms with E-state index in [0.29, 0.717) is 27.8 Å². The first-order valence-corrected chi connectivity index (χ1v) is 10.2. The van der Waals surface area contributed by atoms with E-state index in [0.717, 1.165) is 18.3 Å². The summed E-state index contributed by atoms with van der Waals surface area (Å²) in [7, 11) is 0. The summed E-state index contributed by atoms with van der Waals surface area (Å²) in [6.07, 6.45) is -3.68. The fourth-order valence-electron chi connectivity index (χ4n) is 3.49. The summed E-state index contributed by atoms with van der Waals surface area (Å²) in [6.45, 7) is 0.207. The van der Waals surface area contributed by atoms with Crippen LogP contribution >= 0.6 is 11.6 Å². The number of nitro groups is 1. The zero-order chi connectivity index (χ0) is 23.6. The molecule has 33 heavy (non-hydrogen) atoms. The number of rotatable bonds is 5. The molecule has 0 saturated carbocycles. The van der Waals surface area contributed by atoms with Gasteiger partial charge in [0.1, 0.15) is 11.5 Å². The van der Waals surface area contributed by atoms with Gasteiger partial charge in [0, 0.05) is 17.3 Å². The fraction of sp³-hybridized carbons (Fsp3) is 0.130. The second-order valence-corrected chi connectivity index (χ2v) is 7.72. The second kappa shape index (κ2) is 9.03. The van der Waals surface area contributed by atoms with Crippen LogP contribution in [0.15, 0.2) is 84.8 Å². The van der Waals surface area contributed by atoms with E-state index in [1.54, 1.807) is 59.5 Å². The Kier molecular flexibility index (Phi) is 6.15. The van der Waals surface area contributed by atoms with Crippen LogP contribution in [-0.4, -0.2) is 11.5 Å². The van der Waals surface area contributed by atoms with Crippen molar-refractivity contribution in [3.8, 4) is 11.5 Å². The maximum absolute atomic E-state index is 13.1. The number of ether oxygens (including phenoxy) is 1. The van der Waals surface area contributed by atoms with E-state index >= 15 is 0 Å². The van der Waals surface area contributed by atoms with Crippen LogP contribution in [0.3, 0.4) is 0 Å². The molecule has 3 aromatic rings. The molecular formula is C23H17ClF3N3O3. The molecule has 0 spiro atoms. The zero-order valence-corrected chi connectivity index (χ0v) is 17.7. The van der Waals surface area contributed by atoms with Crippen LogP contribution in [-0.2, 0) is 6.18 Å². The molecule has 0 radical (unpaired) electrons.